The second-order valence-electron chi connectivity index (χ2n) is 7.53. The zero-order chi connectivity index (χ0) is 22.9. The molecular formula is C25H18ClFN4O2. The molecule has 0 radical (unpaired) electrons. The van der Waals surface area contributed by atoms with Gasteiger partial charge in [-0.05, 0) is 61.0 Å². The number of hydrogen-bond acceptors (Lipinski definition) is 4. The van der Waals surface area contributed by atoms with E-state index in [2.05, 4.69) is 15.5 Å². The first kappa shape index (κ1) is 20.9. The molecule has 0 bridgehead atoms. The van der Waals surface area contributed by atoms with Gasteiger partial charge in [0.1, 0.15) is 5.82 Å². The van der Waals surface area contributed by atoms with Gasteiger partial charge in [0.15, 0.2) is 0 Å². The third kappa shape index (κ3) is 3.99. The molecule has 0 spiro atoms. The Hall–Kier alpha value is -3.97. The number of carbonyl (C=O) groups is 1. The molecule has 164 valence electrons. The van der Waals surface area contributed by atoms with Crippen LogP contribution in [-0.4, -0.2) is 16.2 Å². The lowest BCUT2D eigenvalue weighted by molar-refractivity contribution is 0.244. The van der Waals surface area contributed by atoms with Crippen molar-refractivity contribution < 1.29 is 13.7 Å². The summed E-state index contributed by atoms with van der Waals surface area (Å²) < 4.78 is 19.2. The third-order valence-corrected chi connectivity index (χ3v) is 5.71. The molecule has 0 saturated carbocycles. The molecule has 1 aliphatic rings. The molecule has 3 aromatic carbocycles. The largest absolute Gasteiger partial charge is 0.334 e. The number of hydrogen-bond donors (Lipinski definition) is 1. The van der Waals surface area contributed by atoms with Gasteiger partial charge in [0.2, 0.25) is 5.82 Å². The van der Waals surface area contributed by atoms with Crippen molar-refractivity contribution in [2.75, 3.05) is 4.90 Å². The number of rotatable bonds is 4. The van der Waals surface area contributed by atoms with E-state index in [0.29, 0.717) is 33.4 Å². The van der Waals surface area contributed by atoms with E-state index in [-0.39, 0.29) is 17.7 Å². The van der Waals surface area contributed by atoms with E-state index >= 15 is 0 Å². The van der Waals surface area contributed by atoms with Crippen molar-refractivity contribution in [3.63, 3.8) is 0 Å². The quantitative estimate of drug-likeness (QED) is 0.392. The Morgan fingerprint density at radius 1 is 1.00 bits per heavy atom. The van der Waals surface area contributed by atoms with Crippen LogP contribution in [0.5, 0.6) is 0 Å². The van der Waals surface area contributed by atoms with E-state index < -0.39 is 6.04 Å². The molecule has 6 nitrogen and oxygen atoms in total. The first-order chi connectivity index (χ1) is 16.0. The fourth-order valence-electron chi connectivity index (χ4n) is 3.86. The van der Waals surface area contributed by atoms with Gasteiger partial charge in [-0.1, -0.05) is 47.1 Å². The SMILES string of the molecule is CC1=C(c2nc(-c3ccc(Cl)cc3)no2)C(c2ccc(F)cc2)NC(=O)N1c1ccccc1. The Balaban J connectivity index is 1.64. The molecule has 2 heterocycles. The molecule has 1 atom stereocenters. The second kappa shape index (κ2) is 8.52. The van der Waals surface area contributed by atoms with Crippen molar-refractivity contribution in [3.05, 3.63) is 107 Å². The Bertz CT molecular complexity index is 1340. The molecule has 2 amide bonds. The summed E-state index contributed by atoms with van der Waals surface area (Å²) in [5, 5.41) is 7.73. The van der Waals surface area contributed by atoms with Gasteiger partial charge < -0.3 is 9.84 Å². The van der Waals surface area contributed by atoms with E-state index in [1.54, 1.807) is 41.3 Å². The first-order valence-electron chi connectivity index (χ1n) is 10.2. The minimum Gasteiger partial charge on any atom is -0.334 e. The zero-order valence-electron chi connectivity index (χ0n) is 17.5. The van der Waals surface area contributed by atoms with Crippen molar-refractivity contribution in [2.24, 2.45) is 0 Å². The number of anilines is 1. The standard InChI is InChI=1S/C25H18ClFN4O2/c1-15-21(24-29-23(30-33-24)17-7-11-18(26)12-8-17)22(16-9-13-19(27)14-10-16)28-25(32)31(15)20-5-3-2-4-6-20/h2-14,22H,1H3,(H,28,32). The summed E-state index contributed by atoms with van der Waals surface area (Å²) in [6.07, 6.45) is 0. The Morgan fingerprint density at radius 2 is 1.70 bits per heavy atom. The van der Waals surface area contributed by atoms with Gasteiger partial charge in [-0.2, -0.15) is 4.98 Å². The van der Waals surface area contributed by atoms with Crippen molar-refractivity contribution in [3.8, 4) is 11.4 Å². The van der Waals surface area contributed by atoms with E-state index in [1.165, 1.54) is 12.1 Å². The number of benzene rings is 3. The van der Waals surface area contributed by atoms with Crippen LogP contribution in [0, 0.1) is 5.82 Å². The summed E-state index contributed by atoms with van der Waals surface area (Å²) in [4.78, 5) is 19.3. The normalized spacial score (nSPS) is 16.2. The summed E-state index contributed by atoms with van der Waals surface area (Å²) in [5.74, 6) is 0.285. The van der Waals surface area contributed by atoms with Gasteiger partial charge in [0.25, 0.3) is 5.89 Å². The zero-order valence-corrected chi connectivity index (χ0v) is 18.3. The predicted octanol–water partition coefficient (Wildman–Crippen LogP) is 6.23. The van der Waals surface area contributed by atoms with Crippen LogP contribution in [0.25, 0.3) is 17.0 Å². The average Bonchev–Trinajstić information content (AvgIpc) is 3.30. The number of aromatic nitrogens is 2. The summed E-state index contributed by atoms with van der Waals surface area (Å²) >= 11 is 5.99. The summed E-state index contributed by atoms with van der Waals surface area (Å²) in [6.45, 7) is 1.82. The Morgan fingerprint density at radius 3 is 2.39 bits per heavy atom. The number of allylic oxidation sites excluding steroid dienone is 1. The number of urea groups is 1. The highest BCUT2D eigenvalue weighted by molar-refractivity contribution is 6.30. The van der Waals surface area contributed by atoms with E-state index in [0.717, 1.165) is 5.56 Å². The van der Waals surface area contributed by atoms with Gasteiger partial charge in [-0.15, -0.1) is 0 Å². The van der Waals surface area contributed by atoms with E-state index in [4.69, 9.17) is 16.1 Å². The van der Waals surface area contributed by atoms with Gasteiger partial charge in [-0.3, -0.25) is 4.90 Å². The molecule has 0 fully saturated rings. The monoisotopic (exact) mass is 460 g/mol. The number of halogens is 2. The summed E-state index contributed by atoms with van der Waals surface area (Å²) in [6, 6.07) is 21.4. The van der Waals surface area contributed by atoms with Crippen molar-refractivity contribution in [2.45, 2.75) is 13.0 Å². The number of nitrogens with one attached hydrogen (secondary N) is 1. The third-order valence-electron chi connectivity index (χ3n) is 5.46. The maximum atomic E-state index is 13.6. The van der Waals surface area contributed by atoms with Gasteiger partial charge in [-0.25, -0.2) is 9.18 Å². The van der Waals surface area contributed by atoms with Crippen LogP contribution in [0.1, 0.15) is 24.4 Å². The van der Waals surface area contributed by atoms with E-state index in [9.17, 15) is 9.18 Å². The molecule has 5 rings (SSSR count). The minimum atomic E-state index is -0.600. The van der Waals surface area contributed by atoms with Crippen LogP contribution in [0.3, 0.4) is 0 Å². The second-order valence-corrected chi connectivity index (χ2v) is 7.97. The lowest BCUT2D eigenvalue weighted by atomic mass is 9.94. The Labute approximate surface area is 194 Å². The first-order valence-corrected chi connectivity index (χ1v) is 10.6. The molecule has 0 aliphatic carbocycles. The number of nitrogens with zero attached hydrogens (tertiary/aromatic N) is 3. The molecule has 8 heteroatoms. The van der Waals surface area contributed by atoms with Gasteiger partial charge in [0.05, 0.1) is 17.3 Å². The number of amides is 2. The maximum Gasteiger partial charge on any atom is 0.326 e. The van der Waals surface area contributed by atoms with Crippen LogP contribution in [0.15, 0.2) is 89.1 Å². The van der Waals surface area contributed by atoms with Crippen molar-refractivity contribution >= 4 is 28.9 Å². The molecule has 1 N–H and O–H groups in total. The highest BCUT2D eigenvalue weighted by atomic mass is 35.5. The molecule has 1 unspecified atom stereocenters. The van der Waals surface area contributed by atoms with Crippen LogP contribution in [0.2, 0.25) is 5.02 Å². The fourth-order valence-corrected chi connectivity index (χ4v) is 3.99. The number of para-hydroxylation sites is 1. The highest BCUT2D eigenvalue weighted by Gasteiger charge is 2.36. The van der Waals surface area contributed by atoms with Crippen LogP contribution in [0.4, 0.5) is 14.9 Å². The smallest absolute Gasteiger partial charge is 0.326 e. The van der Waals surface area contributed by atoms with Crippen LogP contribution >= 0.6 is 11.6 Å². The van der Waals surface area contributed by atoms with Gasteiger partial charge >= 0.3 is 6.03 Å². The molecule has 33 heavy (non-hydrogen) atoms. The molecular weight excluding hydrogens is 443 g/mol. The van der Waals surface area contributed by atoms with Crippen molar-refractivity contribution in [1.82, 2.24) is 15.5 Å². The fraction of sp³-hybridized carbons (Fsp3) is 0.0800. The average molecular weight is 461 g/mol. The molecule has 1 aliphatic heterocycles. The number of carbonyl (C=O) groups excluding carboxylic acids is 1. The summed E-state index contributed by atoms with van der Waals surface area (Å²) in [7, 11) is 0. The molecule has 4 aromatic rings. The van der Waals surface area contributed by atoms with Crippen molar-refractivity contribution in [1.29, 1.82) is 0 Å². The van der Waals surface area contributed by atoms with Crippen LogP contribution < -0.4 is 10.2 Å². The minimum absolute atomic E-state index is 0.257. The molecule has 0 saturated heterocycles. The lowest BCUT2D eigenvalue weighted by Crippen LogP contribution is -2.46. The Kier molecular flexibility index (Phi) is 5.40. The predicted molar refractivity (Wildman–Crippen MR) is 124 cm³/mol. The highest BCUT2D eigenvalue weighted by Crippen LogP contribution is 2.39. The van der Waals surface area contributed by atoms with Gasteiger partial charge in [0, 0.05) is 16.3 Å². The topological polar surface area (TPSA) is 71.3 Å². The van der Waals surface area contributed by atoms with Crippen LogP contribution in [-0.2, 0) is 0 Å². The van der Waals surface area contributed by atoms with E-state index in [1.807, 2.05) is 37.3 Å². The molecule has 1 aromatic heterocycles. The summed E-state index contributed by atoms with van der Waals surface area (Å²) in [5.41, 5.74) is 3.38. The maximum absolute atomic E-state index is 13.6. The lowest BCUT2D eigenvalue weighted by Gasteiger charge is -2.35.